The van der Waals surface area contributed by atoms with Gasteiger partial charge in [-0.25, -0.2) is 12.8 Å². The number of sulfonamides is 1. The van der Waals surface area contributed by atoms with Crippen molar-refractivity contribution in [3.05, 3.63) is 59.9 Å². The number of carbonyl (C=O) groups is 1. The van der Waals surface area contributed by atoms with E-state index in [0.717, 1.165) is 4.31 Å². The Kier molecular flexibility index (Phi) is 6.33. The molecule has 2 aromatic rings. The van der Waals surface area contributed by atoms with E-state index in [9.17, 15) is 17.6 Å². The zero-order valence-corrected chi connectivity index (χ0v) is 15.8. The van der Waals surface area contributed by atoms with Gasteiger partial charge in [0.15, 0.2) is 0 Å². The maximum absolute atomic E-state index is 13.9. The van der Waals surface area contributed by atoms with Gasteiger partial charge in [0.25, 0.3) is 15.9 Å². The van der Waals surface area contributed by atoms with Crippen LogP contribution in [-0.4, -0.2) is 53.5 Å². The Labute approximate surface area is 153 Å². The van der Waals surface area contributed by atoms with Crippen LogP contribution < -0.4 is 9.62 Å². The maximum atomic E-state index is 13.9. The Morgan fingerprint density at radius 2 is 1.77 bits per heavy atom. The Morgan fingerprint density at radius 3 is 2.42 bits per heavy atom. The van der Waals surface area contributed by atoms with E-state index in [-0.39, 0.29) is 22.1 Å². The van der Waals surface area contributed by atoms with Gasteiger partial charge in [0.2, 0.25) is 0 Å². The Hall–Kier alpha value is -2.45. The first-order valence-electron chi connectivity index (χ1n) is 8.00. The number of anilines is 1. The number of likely N-dealkylation sites (N-methyl/N-ethyl adjacent to an activating group) is 1. The molecule has 0 fully saturated rings. The molecule has 140 valence electrons. The molecular formula is C18H22FN3O3S. The summed E-state index contributed by atoms with van der Waals surface area (Å²) in [6, 6.07) is 11.3. The molecule has 0 aliphatic heterocycles. The van der Waals surface area contributed by atoms with Crippen LogP contribution >= 0.6 is 0 Å². The van der Waals surface area contributed by atoms with Crippen molar-refractivity contribution in [3.63, 3.8) is 0 Å². The normalized spacial score (nSPS) is 11.4. The number of benzene rings is 2. The predicted molar refractivity (Wildman–Crippen MR) is 99.3 cm³/mol. The van der Waals surface area contributed by atoms with Crippen molar-refractivity contribution in [1.82, 2.24) is 10.2 Å². The monoisotopic (exact) mass is 379 g/mol. The summed E-state index contributed by atoms with van der Waals surface area (Å²) in [4.78, 5) is 14.0. The molecule has 0 unspecified atom stereocenters. The number of nitrogens with zero attached hydrogens (tertiary/aromatic N) is 2. The van der Waals surface area contributed by atoms with Gasteiger partial charge in [-0.05, 0) is 44.4 Å². The number of hydrogen-bond acceptors (Lipinski definition) is 4. The zero-order valence-electron chi connectivity index (χ0n) is 14.9. The minimum atomic E-state index is -4.00. The minimum Gasteiger partial charge on any atom is -0.351 e. The van der Waals surface area contributed by atoms with Gasteiger partial charge in [-0.2, -0.15) is 0 Å². The molecule has 0 aliphatic rings. The second-order valence-corrected chi connectivity index (χ2v) is 7.98. The van der Waals surface area contributed by atoms with Gasteiger partial charge in [-0.15, -0.1) is 0 Å². The average Bonchev–Trinajstić information content (AvgIpc) is 2.61. The molecule has 8 heteroatoms. The average molecular weight is 379 g/mol. The Morgan fingerprint density at radius 1 is 1.08 bits per heavy atom. The van der Waals surface area contributed by atoms with E-state index < -0.39 is 15.8 Å². The molecule has 2 rings (SSSR count). The fourth-order valence-corrected chi connectivity index (χ4v) is 3.54. The lowest BCUT2D eigenvalue weighted by Gasteiger charge is -2.20. The van der Waals surface area contributed by atoms with Gasteiger partial charge in [0.1, 0.15) is 5.82 Å². The van der Waals surface area contributed by atoms with Crippen LogP contribution in [0.1, 0.15) is 10.4 Å². The van der Waals surface area contributed by atoms with Crippen LogP contribution in [0.3, 0.4) is 0 Å². The quantitative estimate of drug-likeness (QED) is 0.798. The van der Waals surface area contributed by atoms with Gasteiger partial charge in [-0.1, -0.05) is 18.2 Å². The highest BCUT2D eigenvalue weighted by atomic mass is 32.2. The van der Waals surface area contributed by atoms with E-state index in [1.165, 1.54) is 49.5 Å². The molecule has 0 aromatic heterocycles. The summed E-state index contributed by atoms with van der Waals surface area (Å²) >= 11 is 0. The van der Waals surface area contributed by atoms with Crippen molar-refractivity contribution < 1.29 is 17.6 Å². The lowest BCUT2D eigenvalue weighted by atomic mass is 10.2. The highest BCUT2D eigenvalue weighted by Gasteiger charge is 2.24. The molecule has 0 spiro atoms. The van der Waals surface area contributed by atoms with Crippen molar-refractivity contribution >= 4 is 21.6 Å². The maximum Gasteiger partial charge on any atom is 0.264 e. The predicted octanol–water partition coefficient (Wildman–Crippen LogP) is 1.94. The van der Waals surface area contributed by atoms with E-state index >= 15 is 0 Å². The summed E-state index contributed by atoms with van der Waals surface area (Å²) in [5.41, 5.74) is 0.167. The second kappa shape index (κ2) is 8.29. The van der Waals surface area contributed by atoms with E-state index in [1.807, 2.05) is 19.0 Å². The number of amides is 1. The van der Waals surface area contributed by atoms with Gasteiger partial charge in [-0.3, -0.25) is 9.10 Å². The van der Waals surface area contributed by atoms with Gasteiger partial charge in [0.05, 0.1) is 10.6 Å². The molecule has 0 aliphatic carbocycles. The number of halogens is 1. The molecule has 0 radical (unpaired) electrons. The summed E-state index contributed by atoms with van der Waals surface area (Å²) in [6.45, 7) is 1.11. The van der Waals surface area contributed by atoms with Gasteiger partial charge < -0.3 is 10.2 Å². The number of rotatable bonds is 7. The van der Waals surface area contributed by atoms with Crippen molar-refractivity contribution in [1.29, 1.82) is 0 Å². The number of para-hydroxylation sites is 1. The highest BCUT2D eigenvalue weighted by Crippen LogP contribution is 2.24. The van der Waals surface area contributed by atoms with Gasteiger partial charge in [0, 0.05) is 25.7 Å². The molecular weight excluding hydrogens is 357 g/mol. The molecule has 1 amide bonds. The molecule has 1 N–H and O–H groups in total. The minimum absolute atomic E-state index is 0.0617. The third-order valence-electron chi connectivity index (χ3n) is 3.79. The molecule has 0 saturated carbocycles. The zero-order chi connectivity index (χ0) is 19.3. The number of carbonyl (C=O) groups excluding carboxylic acids is 1. The van der Waals surface area contributed by atoms with Crippen LogP contribution in [0.15, 0.2) is 53.4 Å². The van der Waals surface area contributed by atoms with E-state index in [4.69, 9.17) is 0 Å². The number of hydrogen-bond donors (Lipinski definition) is 1. The van der Waals surface area contributed by atoms with Crippen molar-refractivity contribution in [2.45, 2.75) is 4.90 Å². The summed E-state index contributed by atoms with van der Waals surface area (Å²) in [7, 11) is 1.05. The largest absolute Gasteiger partial charge is 0.351 e. The van der Waals surface area contributed by atoms with Gasteiger partial charge >= 0.3 is 0 Å². The third kappa shape index (κ3) is 4.59. The highest BCUT2D eigenvalue weighted by molar-refractivity contribution is 7.92. The molecule has 0 atom stereocenters. The fourth-order valence-electron chi connectivity index (χ4n) is 2.29. The molecule has 6 nitrogen and oxygen atoms in total. The van der Waals surface area contributed by atoms with Crippen LogP contribution in [-0.2, 0) is 10.0 Å². The molecule has 0 bridgehead atoms. The summed E-state index contributed by atoms with van der Waals surface area (Å²) in [5.74, 6) is -1.01. The third-order valence-corrected chi connectivity index (χ3v) is 5.56. The molecule has 0 heterocycles. The van der Waals surface area contributed by atoms with E-state index in [1.54, 1.807) is 6.07 Å². The fraction of sp³-hybridized carbons (Fsp3) is 0.278. The molecule has 2 aromatic carbocycles. The van der Waals surface area contributed by atoms with Crippen molar-refractivity contribution in [3.8, 4) is 0 Å². The van der Waals surface area contributed by atoms with Crippen molar-refractivity contribution in [2.24, 2.45) is 0 Å². The van der Waals surface area contributed by atoms with Crippen LogP contribution in [0.5, 0.6) is 0 Å². The summed E-state index contributed by atoms with van der Waals surface area (Å²) in [5, 5.41) is 2.73. The first-order valence-corrected chi connectivity index (χ1v) is 9.44. The smallest absolute Gasteiger partial charge is 0.264 e. The van der Waals surface area contributed by atoms with Crippen LogP contribution in [0.25, 0.3) is 0 Å². The van der Waals surface area contributed by atoms with Crippen LogP contribution in [0.4, 0.5) is 10.1 Å². The Bertz CT molecular complexity index is 885. The first kappa shape index (κ1) is 19.9. The standard InChI is InChI=1S/C18H22FN3O3S/c1-21(2)12-11-20-18(23)14-7-6-8-15(13-14)26(24,25)22(3)17-10-5-4-9-16(17)19/h4-10,13H,11-12H2,1-3H3,(H,20,23). The van der Waals surface area contributed by atoms with E-state index in [0.29, 0.717) is 13.1 Å². The first-order chi connectivity index (χ1) is 12.2. The summed E-state index contributed by atoms with van der Waals surface area (Å²) in [6.07, 6.45) is 0. The number of nitrogens with one attached hydrogen (secondary N) is 1. The second-order valence-electron chi connectivity index (χ2n) is 6.01. The van der Waals surface area contributed by atoms with Crippen molar-refractivity contribution in [2.75, 3.05) is 38.5 Å². The van der Waals surface area contributed by atoms with E-state index in [2.05, 4.69) is 5.32 Å². The molecule has 0 saturated heterocycles. The van der Waals surface area contributed by atoms with Crippen LogP contribution in [0.2, 0.25) is 0 Å². The topological polar surface area (TPSA) is 69.7 Å². The lowest BCUT2D eigenvalue weighted by Crippen LogP contribution is -2.31. The Balaban J connectivity index is 2.25. The summed E-state index contributed by atoms with van der Waals surface area (Å²) < 4.78 is 40.4. The lowest BCUT2D eigenvalue weighted by molar-refractivity contribution is 0.0951. The van der Waals surface area contributed by atoms with Crippen LogP contribution in [0, 0.1) is 5.82 Å². The SMILES string of the molecule is CN(C)CCNC(=O)c1cccc(S(=O)(=O)N(C)c2ccccc2F)c1. The molecule has 26 heavy (non-hydrogen) atoms.